The van der Waals surface area contributed by atoms with Gasteiger partial charge in [0.05, 0.1) is 12.7 Å². The molecule has 5 heteroatoms. The molecule has 0 bridgehead atoms. The fourth-order valence-corrected chi connectivity index (χ4v) is 3.80. The number of methoxy groups -OCH3 is 1. The first kappa shape index (κ1) is 22.8. The molecular formula is C29H25NO4. The number of nitrogens with one attached hydrogen (secondary N) is 1. The molecule has 0 aliphatic rings. The molecule has 0 fully saturated rings. The van der Waals surface area contributed by atoms with E-state index in [9.17, 15) is 14.7 Å². The second kappa shape index (κ2) is 10.5. The van der Waals surface area contributed by atoms with E-state index in [-0.39, 0.29) is 17.7 Å². The van der Waals surface area contributed by atoms with Gasteiger partial charge >= 0.3 is 5.97 Å². The van der Waals surface area contributed by atoms with Crippen LogP contribution in [-0.2, 0) is 16.0 Å². The summed E-state index contributed by atoms with van der Waals surface area (Å²) >= 11 is 0. The second-order valence-corrected chi connectivity index (χ2v) is 7.91. The van der Waals surface area contributed by atoms with Crippen molar-refractivity contribution in [2.75, 3.05) is 7.11 Å². The van der Waals surface area contributed by atoms with Crippen LogP contribution in [-0.4, -0.2) is 30.1 Å². The molecule has 0 unspecified atom stereocenters. The molecular weight excluding hydrogens is 426 g/mol. The van der Waals surface area contributed by atoms with Crippen molar-refractivity contribution in [1.82, 2.24) is 5.32 Å². The van der Waals surface area contributed by atoms with Gasteiger partial charge in [-0.15, -0.1) is 0 Å². The van der Waals surface area contributed by atoms with Gasteiger partial charge in [-0.1, -0.05) is 91.0 Å². The maximum absolute atomic E-state index is 13.0. The molecule has 4 aromatic carbocycles. The molecule has 0 spiro atoms. The molecule has 170 valence electrons. The normalized spacial score (nSPS) is 11.4. The fourth-order valence-electron chi connectivity index (χ4n) is 3.80. The Hall–Kier alpha value is -4.38. The van der Waals surface area contributed by atoms with Crippen molar-refractivity contribution in [1.29, 1.82) is 0 Å². The van der Waals surface area contributed by atoms with E-state index in [0.717, 1.165) is 27.8 Å². The smallest absolute Gasteiger partial charge is 0.328 e. The first-order chi connectivity index (χ1) is 16.5. The summed E-state index contributed by atoms with van der Waals surface area (Å²) in [6.07, 6.45) is 0.257. The Morgan fingerprint density at radius 1 is 0.765 bits per heavy atom. The molecule has 34 heavy (non-hydrogen) atoms. The maximum atomic E-state index is 13.0. The quantitative estimate of drug-likeness (QED) is 0.377. The number of aromatic hydroxyl groups is 1. The van der Waals surface area contributed by atoms with Crippen LogP contribution in [0.25, 0.3) is 22.3 Å². The topological polar surface area (TPSA) is 75.6 Å². The Morgan fingerprint density at radius 2 is 1.29 bits per heavy atom. The predicted molar refractivity (Wildman–Crippen MR) is 132 cm³/mol. The third-order valence-electron chi connectivity index (χ3n) is 5.64. The first-order valence-corrected chi connectivity index (χ1v) is 11.0. The standard InChI is InChI=1S/C29H25NO4/c1-34-29(33)26(18-20-12-14-23(15-13-20)21-8-4-2-5-9-21)30-28(32)25-19-24(16-17-27(25)31)22-10-6-3-7-11-22/h2-17,19,26,31H,18H2,1H3,(H,30,32)/t26-/m0/s1. The summed E-state index contributed by atoms with van der Waals surface area (Å²) in [5, 5.41) is 13.0. The molecule has 1 amide bonds. The van der Waals surface area contributed by atoms with Crippen LogP contribution in [0.15, 0.2) is 103 Å². The molecule has 2 N–H and O–H groups in total. The van der Waals surface area contributed by atoms with Crippen molar-refractivity contribution in [2.45, 2.75) is 12.5 Å². The lowest BCUT2D eigenvalue weighted by atomic mass is 9.99. The molecule has 0 aliphatic heterocycles. The SMILES string of the molecule is COC(=O)[C@H](Cc1ccc(-c2ccccc2)cc1)NC(=O)c1cc(-c2ccccc2)ccc1O. The maximum Gasteiger partial charge on any atom is 0.328 e. The molecule has 0 aliphatic carbocycles. The van der Waals surface area contributed by atoms with Crippen molar-refractivity contribution >= 4 is 11.9 Å². The van der Waals surface area contributed by atoms with Gasteiger partial charge in [-0.25, -0.2) is 4.79 Å². The number of carbonyl (C=O) groups excluding carboxylic acids is 2. The third-order valence-corrected chi connectivity index (χ3v) is 5.64. The van der Waals surface area contributed by atoms with Crippen LogP contribution in [0.1, 0.15) is 15.9 Å². The number of carbonyl (C=O) groups is 2. The van der Waals surface area contributed by atoms with E-state index in [4.69, 9.17) is 4.74 Å². The van der Waals surface area contributed by atoms with Crippen LogP contribution < -0.4 is 5.32 Å². The third kappa shape index (κ3) is 5.33. The van der Waals surface area contributed by atoms with Gasteiger partial charge in [0.15, 0.2) is 0 Å². The van der Waals surface area contributed by atoms with Gasteiger partial charge in [0.1, 0.15) is 11.8 Å². The molecule has 1 atom stereocenters. The highest BCUT2D eigenvalue weighted by Crippen LogP contribution is 2.26. The van der Waals surface area contributed by atoms with Crippen molar-refractivity contribution < 1.29 is 19.4 Å². The van der Waals surface area contributed by atoms with E-state index in [2.05, 4.69) is 5.32 Å². The van der Waals surface area contributed by atoms with E-state index in [1.807, 2.05) is 84.9 Å². The molecule has 4 rings (SSSR count). The van der Waals surface area contributed by atoms with Gasteiger partial charge in [0, 0.05) is 6.42 Å². The Bertz CT molecular complexity index is 1270. The van der Waals surface area contributed by atoms with E-state index in [1.54, 1.807) is 12.1 Å². The molecule has 0 radical (unpaired) electrons. The summed E-state index contributed by atoms with van der Waals surface area (Å²) < 4.78 is 4.92. The Balaban J connectivity index is 1.53. The van der Waals surface area contributed by atoms with Gasteiger partial charge in [-0.05, 0) is 39.9 Å². The van der Waals surface area contributed by atoms with Crippen molar-refractivity contribution in [3.63, 3.8) is 0 Å². The average Bonchev–Trinajstić information content (AvgIpc) is 2.89. The van der Waals surface area contributed by atoms with Gasteiger partial charge in [0.2, 0.25) is 0 Å². The Labute approximate surface area is 198 Å². The number of rotatable bonds is 7. The first-order valence-electron chi connectivity index (χ1n) is 11.0. The number of amides is 1. The molecule has 5 nitrogen and oxygen atoms in total. The van der Waals surface area contributed by atoms with Gasteiger partial charge in [-0.2, -0.15) is 0 Å². The van der Waals surface area contributed by atoms with E-state index < -0.39 is 17.9 Å². The van der Waals surface area contributed by atoms with E-state index in [0.29, 0.717) is 0 Å². The van der Waals surface area contributed by atoms with Crippen LogP contribution in [0.4, 0.5) is 0 Å². The highest BCUT2D eigenvalue weighted by Gasteiger charge is 2.24. The highest BCUT2D eigenvalue weighted by molar-refractivity contribution is 6.00. The largest absolute Gasteiger partial charge is 0.507 e. The molecule has 0 saturated heterocycles. The van der Waals surface area contributed by atoms with Crippen molar-refractivity contribution in [3.05, 3.63) is 114 Å². The minimum Gasteiger partial charge on any atom is -0.507 e. The van der Waals surface area contributed by atoms with E-state index in [1.165, 1.54) is 13.2 Å². The lowest BCUT2D eigenvalue weighted by Crippen LogP contribution is -2.43. The highest BCUT2D eigenvalue weighted by atomic mass is 16.5. The summed E-state index contributed by atoms with van der Waals surface area (Å²) in [6.45, 7) is 0. The number of hydrogen-bond acceptors (Lipinski definition) is 4. The molecule has 4 aromatic rings. The van der Waals surface area contributed by atoms with Crippen LogP contribution in [0.2, 0.25) is 0 Å². The monoisotopic (exact) mass is 451 g/mol. The molecule has 0 heterocycles. The van der Waals surface area contributed by atoms with Crippen molar-refractivity contribution in [2.24, 2.45) is 0 Å². The van der Waals surface area contributed by atoms with Crippen LogP contribution >= 0.6 is 0 Å². The van der Waals surface area contributed by atoms with Crippen LogP contribution in [0.5, 0.6) is 5.75 Å². The summed E-state index contributed by atoms with van der Waals surface area (Å²) in [5.74, 6) is -1.27. The average molecular weight is 452 g/mol. The number of phenols is 1. The number of benzene rings is 4. The number of esters is 1. The summed E-state index contributed by atoms with van der Waals surface area (Å²) in [4.78, 5) is 25.5. The Kier molecular flexibility index (Phi) is 7.04. The number of hydrogen-bond donors (Lipinski definition) is 2. The van der Waals surface area contributed by atoms with Gasteiger partial charge in [0.25, 0.3) is 5.91 Å². The zero-order valence-electron chi connectivity index (χ0n) is 18.8. The van der Waals surface area contributed by atoms with Crippen molar-refractivity contribution in [3.8, 4) is 28.0 Å². The summed E-state index contributed by atoms with van der Waals surface area (Å²) in [7, 11) is 1.29. The second-order valence-electron chi connectivity index (χ2n) is 7.91. The van der Waals surface area contributed by atoms with Gasteiger partial charge < -0.3 is 15.2 Å². The Morgan fingerprint density at radius 3 is 1.88 bits per heavy atom. The zero-order valence-corrected chi connectivity index (χ0v) is 18.8. The van der Waals surface area contributed by atoms with E-state index >= 15 is 0 Å². The predicted octanol–water partition coefficient (Wildman–Crippen LogP) is 5.24. The molecule has 0 saturated carbocycles. The summed E-state index contributed by atoms with van der Waals surface area (Å²) in [6, 6.07) is 31.3. The number of ether oxygens (including phenoxy) is 1. The van der Waals surface area contributed by atoms with Crippen LogP contribution in [0.3, 0.4) is 0 Å². The minimum absolute atomic E-state index is 0.0923. The number of phenolic OH excluding ortho intramolecular Hbond substituents is 1. The molecule has 0 aromatic heterocycles. The van der Waals surface area contributed by atoms with Crippen LogP contribution in [0, 0.1) is 0 Å². The fraction of sp³-hybridized carbons (Fsp3) is 0.103. The lowest BCUT2D eigenvalue weighted by molar-refractivity contribution is -0.142. The zero-order chi connectivity index (χ0) is 23.9. The summed E-state index contributed by atoms with van der Waals surface area (Å²) in [5.41, 5.74) is 4.83. The van der Waals surface area contributed by atoms with Gasteiger partial charge in [-0.3, -0.25) is 4.79 Å². The minimum atomic E-state index is -0.903. The lowest BCUT2D eigenvalue weighted by Gasteiger charge is -2.18.